The molecule has 8 heteroatoms. The fraction of sp³-hybridized carbons (Fsp3) is 0.154. The molecule has 1 aromatic heterocycles. The van der Waals surface area contributed by atoms with Gasteiger partial charge in [0.05, 0.1) is 4.90 Å². The number of sulfonamides is 1. The summed E-state index contributed by atoms with van der Waals surface area (Å²) in [6, 6.07) is 8.71. The molecule has 0 atom stereocenters. The number of aromatic nitrogens is 1. The van der Waals surface area contributed by atoms with Crippen molar-refractivity contribution in [1.29, 1.82) is 0 Å². The van der Waals surface area contributed by atoms with E-state index >= 15 is 0 Å². The average Bonchev–Trinajstić information content (AvgIpc) is 2.49. The smallest absolute Gasteiger partial charge is 0.243 e. The van der Waals surface area contributed by atoms with E-state index in [2.05, 4.69) is 10.4 Å². The summed E-state index contributed by atoms with van der Waals surface area (Å²) in [6.07, 6.45) is 1.33. The molecule has 0 amide bonds. The third-order valence-electron chi connectivity index (χ3n) is 2.94. The van der Waals surface area contributed by atoms with Crippen LogP contribution in [0.3, 0.4) is 0 Å². The van der Waals surface area contributed by atoms with Crippen LogP contribution in [0.5, 0.6) is 0 Å². The molecule has 0 saturated carbocycles. The SMILES string of the molecule is CN(Cc1ccccc1F)S(=O)(=O)c1ccnc(NN)c1. The number of anilines is 1. The van der Waals surface area contributed by atoms with Gasteiger partial charge in [0.1, 0.15) is 11.6 Å². The highest BCUT2D eigenvalue weighted by molar-refractivity contribution is 7.89. The molecule has 2 aromatic rings. The molecule has 0 unspecified atom stereocenters. The van der Waals surface area contributed by atoms with Gasteiger partial charge in [-0.2, -0.15) is 4.31 Å². The van der Waals surface area contributed by atoms with Gasteiger partial charge in [-0.1, -0.05) is 18.2 Å². The number of hydrogen-bond donors (Lipinski definition) is 2. The molecule has 3 N–H and O–H groups in total. The van der Waals surface area contributed by atoms with Gasteiger partial charge in [0.2, 0.25) is 10.0 Å². The number of halogens is 1. The number of nitrogen functional groups attached to an aromatic ring is 1. The number of nitrogens with two attached hydrogens (primary N) is 1. The van der Waals surface area contributed by atoms with E-state index in [1.54, 1.807) is 18.2 Å². The van der Waals surface area contributed by atoms with Crippen LogP contribution in [0.2, 0.25) is 0 Å². The molecule has 112 valence electrons. The van der Waals surface area contributed by atoms with Crippen molar-refractivity contribution >= 4 is 15.8 Å². The third kappa shape index (κ3) is 3.35. The summed E-state index contributed by atoms with van der Waals surface area (Å²) in [4.78, 5) is 3.88. The molecule has 0 saturated heterocycles. The summed E-state index contributed by atoms with van der Waals surface area (Å²) in [5, 5.41) is 0. The van der Waals surface area contributed by atoms with Gasteiger partial charge >= 0.3 is 0 Å². The Morgan fingerprint density at radius 2 is 2.05 bits per heavy atom. The van der Waals surface area contributed by atoms with Gasteiger partial charge in [0.25, 0.3) is 0 Å². The summed E-state index contributed by atoms with van der Waals surface area (Å²) in [6.45, 7) is -0.0667. The number of nitrogens with one attached hydrogen (secondary N) is 1. The zero-order chi connectivity index (χ0) is 15.5. The number of nitrogens with zero attached hydrogens (tertiary/aromatic N) is 2. The Balaban J connectivity index is 2.28. The molecule has 0 fully saturated rings. The van der Waals surface area contributed by atoms with E-state index in [-0.39, 0.29) is 17.3 Å². The predicted octanol–water partition coefficient (Wildman–Crippen LogP) is 1.33. The Kier molecular flexibility index (Phi) is 4.51. The Morgan fingerprint density at radius 3 is 2.71 bits per heavy atom. The number of hydrogen-bond acceptors (Lipinski definition) is 5. The van der Waals surface area contributed by atoms with Crippen molar-refractivity contribution in [3.63, 3.8) is 0 Å². The minimum Gasteiger partial charge on any atom is -0.308 e. The second-order valence-corrected chi connectivity index (χ2v) is 6.42. The highest BCUT2D eigenvalue weighted by Gasteiger charge is 2.22. The Labute approximate surface area is 122 Å². The lowest BCUT2D eigenvalue weighted by atomic mass is 10.2. The van der Waals surface area contributed by atoms with E-state index < -0.39 is 15.8 Å². The largest absolute Gasteiger partial charge is 0.308 e. The topological polar surface area (TPSA) is 88.3 Å². The van der Waals surface area contributed by atoms with Crippen LogP contribution in [0.15, 0.2) is 47.5 Å². The van der Waals surface area contributed by atoms with E-state index in [1.165, 1.54) is 31.4 Å². The van der Waals surface area contributed by atoms with E-state index in [0.717, 1.165) is 4.31 Å². The maximum Gasteiger partial charge on any atom is 0.243 e. The van der Waals surface area contributed by atoms with E-state index in [1.807, 2.05) is 0 Å². The molecule has 0 aliphatic heterocycles. The van der Waals surface area contributed by atoms with Gasteiger partial charge in [0.15, 0.2) is 0 Å². The summed E-state index contributed by atoms with van der Waals surface area (Å²) >= 11 is 0. The van der Waals surface area contributed by atoms with Gasteiger partial charge in [-0.25, -0.2) is 23.6 Å². The molecule has 0 spiro atoms. The normalized spacial score (nSPS) is 11.6. The first-order valence-electron chi connectivity index (χ1n) is 6.07. The Bertz CT molecular complexity index is 736. The van der Waals surface area contributed by atoms with E-state index in [9.17, 15) is 12.8 Å². The number of benzene rings is 1. The van der Waals surface area contributed by atoms with Gasteiger partial charge in [-0.15, -0.1) is 0 Å². The molecule has 21 heavy (non-hydrogen) atoms. The molecule has 0 radical (unpaired) electrons. The molecular formula is C13H15FN4O2S. The van der Waals surface area contributed by atoms with Crippen molar-refractivity contribution in [3.8, 4) is 0 Å². The van der Waals surface area contributed by atoms with Crippen LogP contribution >= 0.6 is 0 Å². The van der Waals surface area contributed by atoms with E-state index in [4.69, 9.17) is 5.84 Å². The molecular weight excluding hydrogens is 295 g/mol. The second kappa shape index (κ2) is 6.17. The summed E-state index contributed by atoms with van der Waals surface area (Å²) in [5.74, 6) is 5.00. The molecule has 1 heterocycles. The number of pyridine rings is 1. The fourth-order valence-corrected chi connectivity index (χ4v) is 2.94. The van der Waals surface area contributed by atoms with Crippen LogP contribution in [-0.2, 0) is 16.6 Å². The fourth-order valence-electron chi connectivity index (χ4n) is 1.78. The maximum atomic E-state index is 13.6. The Hall–Kier alpha value is -2.03. The summed E-state index contributed by atoms with van der Waals surface area (Å²) in [7, 11) is -2.37. The van der Waals surface area contributed by atoms with E-state index in [0.29, 0.717) is 5.56 Å². The van der Waals surface area contributed by atoms with Crippen molar-refractivity contribution < 1.29 is 12.8 Å². The lowest BCUT2D eigenvalue weighted by Crippen LogP contribution is -2.27. The molecule has 0 bridgehead atoms. The number of hydrazine groups is 1. The minimum absolute atomic E-state index is 0.0317. The van der Waals surface area contributed by atoms with Crippen molar-refractivity contribution in [2.24, 2.45) is 5.84 Å². The van der Waals surface area contributed by atoms with Crippen LogP contribution in [0.4, 0.5) is 10.2 Å². The van der Waals surface area contributed by atoms with Crippen molar-refractivity contribution in [1.82, 2.24) is 9.29 Å². The van der Waals surface area contributed by atoms with Crippen LogP contribution in [0.1, 0.15) is 5.56 Å². The lowest BCUT2D eigenvalue weighted by Gasteiger charge is -2.18. The quantitative estimate of drug-likeness (QED) is 0.642. The van der Waals surface area contributed by atoms with Crippen LogP contribution in [0.25, 0.3) is 0 Å². The monoisotopic (exact) mass is 310 g/mol. The van der Waals surface area contributed by atoms with Crippen LogP contribution in [0, 0.1) is 5.82 Å². The molecule has 2 rings (SSSR count). The van der Waals surface area contributed by atoms with Gasteiger partial charge in [-0.05, 0) is 12.1 Å². The zero-order valence-corrected chi connectivity index (χ0v) is 12.1. The third-order valence-corrected chi connectivity index (χ3v) is 4.74. The molecule has 0 aliphatic rings. The summed E-state index contributed by atoms with van der Waals surface area (Å²) in [5.41, 5.74) is 2.58. The lowest BCUT2D eigenvalue weighted by molar-refractivity contribution is 0.456. The standard InChI is InChI=1S/C13H15FN4O2S/c1-18(9-10-4-2-3-5-12(10)14)21(19,20)11-6-7-16-13(8-11)17-15/h2-8H,9,15H2,1H3,(H,16,17). The van der Waals surface area contributed by atoms with Crippen LogP contribution in [-0.4, -0.2) is 24.8 Å². The second-order valence-electron chi connectivity index (χ2n) is 4.37. The zero-order valence-electron chi connectivity index (χ0n) is 11.3. The van der Waals surface area contributed by atoms with Crippen molar-refractivity contribution in [2.45, 2.75) is 11.4 Å². The molecule has 1 aromatic carbocycles. The first-order chi connectivity index (χ1) is 9.95. The molecule has 6 nitrogen and oxygen atoms in total. The highest BCUT2D eigenvalue weighted by Crippen LogP contribution is 2.19. The highest BCUT2D eigenvalue weighted by atomic mass is 32.2. The van der Waals surface area contributed by atoms with Crippen molar-refractivity contribution in [3.05, 3.63) is 54.0 Å². The first-order valence-corrected chi connectivity index (χ1v) is 7.51. The van der Waals surface area contributed by atoms with Gasteiger partial charge in [0, 0.05) is 31.4 Å². The minimum atomic E-state index is -3.76. The van der Waals surface area contributed by atoms with Crippen molar-refractivity contribution in [2.75, 3.05) is 12.5 Å². The average molecular weight is 310 g/mol. The van der Waals surface area contributed by atoms with Gasteiger partial charge < -0.3 is 5.43 Å². The van der Waals surface area contributed by atoms with Crippen LogP contribution < -0.4 is 11.3 Å². The van der Waals surface area contributed by atoms with Gasteiger partial charge in [-0.3, -0.25) is 0 Å². The molecule has 0 aliphatic carbocycles. The maximum absolute atomic E-state index is 13.6. The Morgan fingerprint density at radius 1 is 1.33 bits per heavy atom. The summed E-state index contributed by atoms with van der Waals surface area (Å²) < 4.78 is 39.5. The predicted molar refractivity (Wildman–Crippen MR) is 77.1 cm³/mol. The first kappa shape index (κ1) is 15.4. The number of rotatable bonds is 5.